The zero-order valence-electron chi connectivity index (χ0n) is 25.2. The maximum atomic E-state index is 14.9. The van der Waals surface area contributed by atoms with Crippen LogP contribution in [0.5, 0.6) is 5.75 Å². The van der Waals surface area contributed by atoms with E-state index in [-0.39, 0.29) is 43.2 Å². The number of amides is 1. The Kier molecular flexibility index (Phi) is 9.34. The second kappa shape index (κ2) is 13.7. The average molecular weight is 617 g/mol. The number of aromatic nitrogens is 3. The Labute approximate surface area is 261 Å². The van der Waals surface area contributed by atoms with E-state index in [0.29, 0.717) is 36.0 Å². The lowest BCUT2D eigenvalue weighted by atomic mass is 10.0. The standard InChI is InChI=1S/C32H37FN8O4/c1-21-16-39(26-18-44-19-26)11-12-41(21)25-5-3-24(4-6-25)37-32-36-20-35-31(38-32)22-2-7-28(23(14-22)15-34)45-29-8-10-40(17-27(29)33)30(43)9-13-42/h2-7,14,20-21,26-27,29,42H,8-13,16-19H2,1H3,(H,35,36,37,38). The number of aliphatic hydroxyl groups is 1. The summed E-state index contributed by atoms with van der Waals surface area (Å²) in [5, 5.41) is 22.0. The first-order valence-electron chi connectivity index (χ1n) is 15.3. The molecule has 13 heteroatoms. The van der Waals surface area contributed by atoms with Gasteiger partial charge in [0.05, 0.1) is 38.0 Å². The van der Waals surface area contributed by atoms with Gasteiger partial charge in [0, 0.05) is 62.0 Å². The molecule has 3 aliphatic heterocycles. The molecular formula is C32H37FN8O4. The number of nitrogens with zero attached hydrogens (tertiary/aromatic N) is 7. The third-order valence-corrected chi connectivity index (χ3v) is 8.62. The predicted octanol–water partition coefficient (Wildman–Crippen LogP) is 2.76. The second-order valence-corrected chi connectivity index (χ2v) is 11.6. The summed E-state index contributed by atoms with van der Waals surface area (Å²) in [7, 11) is 0. The summed E-state index contributed by atoms with van der Waals surface area (Å²) >= 11 is 0. The Bertz CT molecular complexity index is 1530. The van der Waals surface area contributed by atoms with Gasteiger partial charge in [-0.15, -0.1) is 0 Å². The van der Waals surface area contributed by atoms with Gasteiger partial charge in [-0.25, -0.2) is 14.4 Å². The minimum atomic E-state index is -1.42. The van der Waals surface area contributed by atoms with Crippen LogP contribution in [0.15, 0.2) is 48.8 Å². The molecule has 3 saturated heterocycles. The van der Waals surface area contributed by atoms with Crippen molar-refractivity contribution in [3.63, 3.8) is 0 Å². The van der Waals surface area contributed by atoms with E-state index in [4.69, 9.17) is 14.6 Å². The number of piperidine rings is 1. The number of piperazine rings is 1. The second-order valence-electron chi connectivity index (χ2n) is 11.6. The van der Waals surface area contributed by atoms with Crippen molar-refractivity contribution in [2.24, 2.45) is 0 Å². The summed E-state index contributed by atoms with van der Waals surface area (Å²) in [6.07, 6.45) is -0.562. The molecule has 3 aliphatic rings. The van der Waals surface area contributed by atoms with Crippen molar-refractivity contribution in [3.8, 4) is 23.2 Å². The van der Waals surface area contributed by atoms with Crippen LogP contribution in [0.3, 0.4) is 0 Å². The maximum Gasteiger partial charge on any atom is 0.230 e. The number of carbonyl (C=O) groups is 1. The van der Waals surface area contributed by atoms with Gasteiger partial charge in [-0.05, 0) is 49.4 Å². The number of anilines is 3. The monoisotopic (exact) mass is 616 g/mol. The van der Waals surface area contributed by atoms with Gasteiger partial charge in [-0.3, -0.25) is 9.69 Å². The highest BCUT2D eigenvalue weighted by Gasteiger charge is 2.34. The van der Waals surface area contributed by atoms with E-state index in [2.05, 4.69) is 55.2 Å². The fourth-order valence-electron chi connectivity index (χ4n) is 6.01. The molecule has 1 aromatic heterocycles. The molecular weight excluding hydrogens is 579 g/mol. The van der Waals surface area contributed by atoms with Crippen LogP contribution < -0.4 is 15.0 Å². The van der Waals surface area contributed by atoms with E-state index in [1.54, 1.807) is 18.2 Å². The zero-order chi connectivity index (χ0) is 31.3. The van der Waals surface area contributed by atoms with Crippen LogP contribution in [0.25, 0.3) is 11.4 Å². The molecule has 4 heterocycles. The van der Waals surface area contributed by atoms with E-state index in [1.807, 2.05) is 12.1 Å². The Balaban J connectivity index is 1.08. The van der Waals surface area contributed by atoms with Crippen LogP contribution in [0.4, 0.5) is 21.7 Å². The molecule has 1 amide bonds. The highest BCUT2D eigenvalue weighted by Crippen LogP contribution is 2.29. The van der Waals surface area contributed by atoms with Gasteiger partial charge >= 0.3 is 0 Å². The molecule has 0 saturated carbocycles. The molecule has 2 aromatic carbocycles. The van der Waals surface area contributed by atoms with Gasteiger partial charge in [0.1, 0.15) is 24.3 Å². The summed E-state index contributed by atoms with van der Waals surface area (Å²) in [6, 6.07) is 16.2. The number of aliphatic hydroxyl groups excluding tert-OH is 1. The number of likely N-dealkylation sites (tertiary alicyclic amines) is 1. The van der Waals surface area contributed by atoms with Gasteiger partial charge in [0.25, 0.3) is 0 Å². The van der Waals surface area contributed by atoms with Gasteiger partial charge in [0.15, 0.2) is 12.0 Å². The van der Waals surface area contributed by atoms with Crippen molar-refractivity contribution < 1.29 is 23.8 Å². The zero-order valence-corrected chi connectivity index (χ0v) is 25.2. The number of alkyl halides is 1. The number of hydrogen-bond acceptors (Lipinski definition) is 11. The van der Waals surface area contributed by atoms with Crippen molar-refractivity contribution >= 4 is 23.2 Å². The minimum Gasteiger partial charge on any atom is -0.486 e. The molecule has 12 nitrogen and oxygen atoms in total. The molecule has 0 bridgehead atoms. The SMILES string of the molecule is CC1CN(C2COC2)CCN1c1ccc(Nc2ncnc(-c3ccc(OC4CCN(C(=O)CCO)CC4F)c(C#N)c3)n2)cc1. The number of nitrogens with one attached hydrogen (secondary N) is 1. The average Bonchev–Trinajstić information content (AvgIpc) is 3.02. The van der Waals surface area contributed by atoms with Crippen LogP contribution >= 0.6 is 0 Å². The van der Waals surface area contributed by atoms with Gasteiger partial charge < -0.3 is 29.7 Å². The lowest BCUT2D eigenvalue weighted by Crippen LogP contribution is -2.59. The fourth-order valence-corrected chi connectivity index (χ4v) is 6.01. The Hall–Kier alpha value is -4.38. The van der Waals surface area contributed by atoms with Crippen molar-refractivity contribution in [2.45, 2.75) is 44.1 Å². The van der Waals surface area contributed by atoms with Crippen molar-refractivity contribution in [2.75, 3.05) is 62.8 Å². The number of rotatable bonds is 9. The lowest BCUT2D eigenvalue weighted by molar-refractivity contribution is -0.135. The van der Waals surface area contributed by atoms with Gasteiger partial charge in [-0.2, -0.15) is 10.2 Å². The molecule has 0 aliphatic carbocycles. The minimum absolute atomic E-state index is 0.0344. The van der Waals surface area contributed by atoms with Crippen LogP contribution in [0.1, 0.15) is 25.3 Å². The van der Waals surface area contributed by atoms with Gasteiger partial charge in [0.2, 0.25) is 11.9 Å². The third-order valence-electron chi connectivity index (χ3n) is 8.62. The van der Waals surface area contributed by atoms with E-state index in [1.165, 1.54) is 16.9 Å². The first-order chi connectivity index (χ1) is 21.9. The first kappa shape index (κ1) is 30.6. The van der Waals surface area contributed by atoms with Crippen LogP contribution in [-0.2, 0) is 9.53 Å². The molecule has 3 aromatic rings. The summed E-state index contributed by atoms with van der Waals surface area (Å²) in [5.41, 5.74) is 2.81. The number of halogens is 1. The number of carbonyl (C=O) groups excluding carboxylic acids is 1. The number of benzene rings is 2. The predicted molar refractivity (Wildman–Crippen MR) is 165 cm³/mol. The summed E-state index contributed by atoms with van der Waals surface area (Å²) in [6.45, 7) is 6.88. The quantitative estimate of drug-likeness (QED) is 0.367. The number of nitriles is 1. The van der Waals surface area contributed by atoms with Crippen LogP contribution in [0, 0.1) is 11.3 Å². The number of hydrogen-bond donors (Lipinski definition) is 2. The van der Waals surface area contributed by atoms with E-state index in [0.717, 1.165) is 38.5 Å². The molecule has 2 N–H and O–H groups in total. The van der Waals surface area contributed by atoms with Crippen molar-refractivity contribution in [3.05, 3.63) is 54.4 Å². The van der Waals surface area contributed by atoms with Crippen LogP contribution in [0.2, 0.25) is 0 Å². The fraction of sp³-hybridized carbons (Fsp3) is 0.469. The third kappa shape index (κ3) is 6.98. The molecule has 6 rings (SSSR count). The molecule has 3 unspecified atom stereocenters. The van der Waals surface area contributed by atoms with Crippen molar-refractivity contribution in [1.29, 1.82) is 5.26 Å². The normalized spacial score (nSPS) is 22.4. The molecule has 236 valence electrons. The van der Waals surface area contributed by atoms with E-state index < -0.39 is 12.3 Å². The highest BCUT2D eigenvalue weighted by atomic mass is 19.1. The topological polar surface area (TPSA) is 140 Å². The molecule has 3 atom stereocenters. The lowest BCUT2D eigenvalue weighted by Gasteiger charge is -2.46. The maximum absolute atomic E-state index is 14.9. The van der Waals surface area contributed by atoms with Crippen molar-refractivity contribution in [1.82, 2.24) is 24.8 Å². The van der Waals surface area contributed by atoms with Crippen LogP contribution in [-0.4, -0.2) is 113 Å². The summed E-state index contributed by atoms with van der Waals surface area (Å²) < 4.78 is 26.1. The smallest absolute Gasteiger partial charge is 0.230 e. The largest absolute Gasteiger partial charge is 0.486 e. The highest BCUT2D eigenvalue weighted by molar-refractivity contribution is 5.76. The van der Waals surface area contributed by atoms with E-state index >= 15 is 0 Å². The Morgan fingerprint density at radius 1 is 1.16 bits per heavy atom. The molecule has 0 spiro atoms. The molecule has 3 fully saturated rings. The molecule has 0 radical (unpaired) electrons. The summed E-state index contributed by atoms with van der Waals surface area (Å²) in [5.74, 6) is 0.696. The molecule has 45 heavy (non-hydrogen) atoms. The number of ether oxygens (including phenoxy) is 2. The first-order valence-corrected chi connectivity index (χ1v) is 15.3. The summed E-state index contributed by atoms with van der Waals surface area (Å²) in [4.78, 5) is 31.5. The van der Waals surface area contributed by atoms with E-state index in [9.17, 15) is 14.4 Å². The van der Waals surface area contributed by atoms with Gasteiger partial charge in [-0.1, -0.05) is 0 Å². The Morgan fingerprint density at radius 2 is 1.98 bits per heavy atom. The Morgan fingerprint density at radius 3 is 2.67 bits per heavy atom.